The lowest BCUT2D eigenvalue weighted by Gasteiger charge is -2.23. The van der Waals surface area contributed by atoms with Gasteiger partial charge in [-0.15, -0.1) is 0 Å². The summed E-state index contributed by atoms with van der Waals surface area (Å²) >= 11 is 14.3. The van der Waals surface area contributed by atoms with Crippen LogP contribution in [0.15, 0.2) is 109 Å². The summed E-state index contributed by atoms with van der Waals surface area (Å²) in [6, 6.07) is 38.5. The van der Waals surface area contributed by atoms with Crippen molar-refractivity contribution in [3.63, 3.8) is 0 Å². The summed E-state index contributed by atoms with van der Waals surface area (Å²) in [4.78, 5) is 0. The van der Waals surface area contributed by atoms with E-state index >= 15 is 0 Å². The van der Waals surface area contributed by atoms with Gasteiger partial charge >= 0.3 is 0 Å². The second kappa shape index (κ2) is 8.88. The molecule has 0 fully saturated rings. The van der Waals surface area contributed by atoms with E-state index < -0.39 is 0 Å². The van der Waals surface area contributed by atoms with Crippen molar-refractivity contribution >= 4 is 66.3 Å². The fraction of sp³-hybridized carbons (Fsp3) is 0.0556. The highest BCUT2D eigenvalue weighted by molar-refractivity contribution is 6.43. The fourth-order valence-corrected chi connectivity index (χ4v) is 6.72. The van der Waals surface area contributed by atoms with E-state index in [0.717, 1.165) is 42.7 Å². The third kappa shape index (κ3) is 3.38. The molecule has 0 spiro atoms. The van der Waals surface area contributed by atoms with Crippen molar-refractivity contribution in [2.45, 2.75) is 13.8 Å². The second-order valence-electron chi connectivity index (χ2n) is 10.0. The van der Waals surface area contributed by atoms with E-state index in [0.29, 0.717) is 0 Å². The van der Waals surface area contributed by atoms with E-state index in [1.807, 2.05) is 12.1 Å². The van der Waals surface area contributed by atoms with E-state index in [1.165, 1.54) is 43.8 Å². The molecule has 0 aliphatic heterocycles. The third-order valence-electron chi connectivity index (χ3n) is 7.84. The smallest absolute Gasteiger partial charge is 0.0491 e. The molecule has 0 amide bonds. The summed E-state index contributed by atoms with van der Waals surface area (Å²) in [5.41, 5.74) is 7.10. The van der Waals surface area contributed by atoms with Crippen molar-refractivity contribution in [1.29, 1.82) is 0 Å². The first-order chi connectivity index (χ1) is 18.5. The Morgan fingerprint density at radius 1 is 0.368 bits per heavy atom. The summed E-state index contributed by atoms with van der Waals surface area (Å²) in [7, 11) is 0. The van der Waals surface area contributed by atoms with Gasteiger partial charge in [-0.3, -0.25) is 0 Å². The molecule has 7 aromatic rings. The van der Waals surface area contributed by atoms with Crippen LogP contribution in [0.25, 0.3) is 65.3 Å². The zero-order chi connectivity index (χ0) is 26.0. The molecule has 0 aliphatic carbocycles. The molecule has 0 aromatic heterocycles. The standard InChI is InChI=1S/C36H24Cl2/c1-21-17-19-23-9-3-5-11-25(23)31(21)35-27-13-7-16-30(38)34(27)36(28-14-8-15-29(37)33(28)35)32-22(2)18-20-24-10-4-6-12-26(24)32/h3-20H,1-2H3. The molecule has 0 unspecified atom stereocenters. The second-order valence-corrected chi connectivity index (χ2v) is 10.8. The topological polar surface area (TPSA) is 0 Å². The van der Waals surface area contributed by atoms with Gasteiger partial charge in [0.25, 0.3) is 0 Å². The zero-order valence-electron chi connectivity index (χ0n) is 21.1. The predicted octanol–water partition coefficient (Wildman–Crippen LogP) is 11.6. The van der Waals surface area contributed by atoms with Gasteiger partial charge in [0.1, 0.15) is 0 Å². The van der Waals surface area contributed by atoms with Gasteiger partial charge in [0.15, 0.2) is 0 Å². The van der Waals surface area contributed by atoms with E-state index in [9.17, 15) is 0 Å². The van der Waals surface area contributed by atoms with E-state index in [4.69, 9.17) is 23.2 Å². The first-order valence-electron chi connectivity index (χ1n) is 12.8. The molecule has 7 aromatic carbocycles. The maximum absolute atomic E-state index is 7.14. The van der Waals surface area contributed by atoms with Crippen LogP contribution in [-0.4, -0.2) is 0 Å². The molecular weight excluding hydrogens is 503 g/mol. The van der Waals surface area contributed by atoms with Gasteiger partial charge in [-0.05, 0) is 91.7 Å². The van der Waals surface area contributed by atoms with Gasteiger partial charge in [0.2, 0.25) is 0 Å². The van der Waals surface area contributed by atoms with Crippen LogP contribution in [-0.2, 0) is 0 Å². The Hall–Kier alpha value is -3.84. The normalized spacial score (nSPS) is 11.7. The van der Waals surface area contributed by atoms with Gasteiger partial charge in [-0.1, -0.05) is 120 Å². The van der Waals surface area contributed by atoms with Crippen LogP contribution in [0.2, 0.25) is 10.0 Å². The van der Waals surface area contributed by atoms with E-state index in [1.54, 1.807) is 0 Å². The maximum atomic E-state index is 7.14. The van der Waals surface area contributed by atoms with Crippen LogP contribution < -0.4 is 0 Å². The summed E-state index contributed by atoms with van der Waals surface area (Å²) in [6.45, 7) is 4.37. The highest BCUT2D eigenvalue weighted by Crippen LogP contribution is 2.51. The van der Waals surface area contributed by atoms with Crippen LogP contribution in [0.5, 0.6) is 0 Å². The number of aryl methyl sites for hydroxylation is 2. The van der Waals surface area contributed by atoms with Gasteiger partial charge in [-0.25, -0.2) is 0 Å². The summed E-state index contributed by atoms with van der Waals surface area (Å²) in [6.07, 6.45) is 0. The molecule has 2 heteroatoms. The number of hydrogen-bond donors (Lipinski definition) is 0. The average molecular weight is 527 g/mol. The van der Waals surface area contributed by atoms with Crippen molar-refractivity contribution in [2.75, 3.05) is 0 Å². The Balaban J connectivity index is 1.79. The molecule has 0 heterocycles. The highest BCUT2D eigenvalue weighted by atomic mass is 35.5. The van der Waals surface area contributed by atoms with Crippen molar-refractivity contribution in [1.82, 2.24) is 0 Å². The summed E-state index contributed by atoms with van der Waals surface area (Å²) in [5.74, 6) is 0. The number of benzene rings is 7. The van der Waals surface area contributed by atoms with Gasteiger partial charge in [-0.2, -0.15) is 0 Å². The van der Waals surface area contributed by atoms with Gasteiger partial charge < -0.3 is 0 Å². The molecular formula is C36H24Cl2. The molecule has 0 bridgehead atoms. The minimum absolute atomic E-state index is 0.742. The number of rotatable bonds is 2. The Morgan fingerprint density at radius 3 is 1.21 bits per heavy atom. The van der Waals surface area contributed by atoms with Crippen LogP contribution >= 0.6 is 23.2 Å². The van der Waals surface area contributed by atoms with Gasteiger partial charge in [0, 0.05) is 20.8 Å². The predicted molar refractivity (Wildman–Crippen MR) is 167 cm³/mol. The molecule has 0 N–H and O–H groups in total. The van der Waals surface area contributed by atoms with Crippen LogP contribution in [0.4, 0.5) is 0 Å². The minimum Gasteiger partial charge on any atom is -0.0836 e. The van der Waals surface area contributed by atoms with Crippen LogP contribution in [0, 0.1) is 13.8 Å². The van der Waals surface area contributed by atoms with Crippen molar-refractivity contribution in [2.24, 2.45) is 0 Å². The monoisotopic (exact) mass is 526 g/mol. The Labute approximate surface area is 232 Å². The number of halogens is 2. The Morgan fingerprint density at radius 2 is 0.763 bits per heavy atom. The highest BCUT2D eigenvalue weighted by Gasteiger charge is 2.23. The molecule has 0 saturated carbocycles. The molecule has 0 nitrogen and oxygen atoms in total. The van der Waals surface area contributed by atoms with Crippen LogP contribution in [0.3, 0.4) is 0 Å². The van der Waals surface area contributed by atoms with Crippen molar-refractivity contribution < 1.29 is 0 Å². The minimum atomic E-state index is 0.742. The lowest BCUT2D eigenvalue weighted by molar-refractivity contribution is 1.49. The lowest BCUT2D eigenvalue weighted by Crippen LogP contribution is -1.96. The lowest BCUT2D eigenvalue weighted by atomic mass is 9.81. The van der Waals surface area contributed by atoms with Crippen LogP contribution in [0.1, 0.15) is 11.1 Å². The molecule has 38 heavy (non-hydrogen) atoms. The quantitative estimate of drug-likeness (QED) is 0.196. The summed E-state index contributed by atoms with van der Waals surface area (Å²) in [5, 5.41) is 10.7. The molecule has 182 valence electrons. The van der Waals surface area contributed by atoms with Crippen molar-refractivity contribution in [3.8, 4) is 22.3 Å². The third-order valence-corrected chi connectivity index (χ3v) is 8.47. The zero-order valence-corrected chi connectivity index (χ0v) is 22.7. The first-order valence-corrected chi connectivity index (χ1v) is 13.6. The maximum Gasteiger partial charge on any atom is 0.0491 e. The summed E-state index contributed by atoms with van der Waals surface area (Å²) < 4.78 is 0. The number of hydrogen-bond acceptors (Lipinski definition) is 0. The molecule has 7 rings (SSSR count). The Kier molecular flexibility index (Phi) is 5.44. The van der Waals surface area contributed by atoms with E-state index in [-0.39, 0.29) is 0 Å². The largest absolute Gasteiger partial charge is 0.0836 e. The molecule has 0 aliphatic rings. The SMILES string of the molecule is Cc1ccc2ccccc2c1-c1c2cccc(Cl)c2c(-c2c(C)ccc3ccccc23)c2cccc(Cl)c12. The van der Waals surface area contributed by atoms with E-state index in [2.05, 4.69) is 111 Å². The fourth-order valence-electron chi connectivity index (χ4n) is 6.19. The molecule has 0 saturated heterocycles. The first kappa shape index (κ1) is 23.3. The molecule has 0 radical (unpaired) electrons. The van der Waals surface area contributed by atoms with Gasteiger partial charge in [0.05, 0.1) is 0 Å². The van der Waals surface area contributed by atoms with Crippen molar-refractivity contribution in [3.05, 3.63) is 130 Å². The average Bonchev–Trinajstić information content (AvgIpc) is 2.93. The molecule has 0 atom stereocenters. The number of fused-ring (bicyclic) bond motifs is 4. The Bertz CT molecular complexity index is 1920.